The Morgan fingerprint density at radius 3 is 2.79 bits per heavy atom. The van der Waals surface area contributed by atoms with Crippen LogP contribution in [0.25, 0.3) is 10.2 Å². The Morgan fingerprint density at radius 1 is 1.33 bits per heavy atom. The van der Waals surface area contributed by atoms with Crippen LogP contribution in [0.2, 0.25) is 0 Å². The van der Waals surface area contributed by atoms with Crippen molar-refractivity contribution in [1.82, 2.24) is 9.55 Å². The van der Waals surface area contributed by atoms with Crippen molar-refractivity contribution < 1.29 is 4.79 Å². The number of thiophene rings is 1. The third kappa shape index (κ3) is 3.14. The molecule has 3 aromatic rings. The van der Waals surface area contributed by atoms with E-state index < -0.39 is 0 Å². The summed E-state index contributed by atoms with van der Waals surface area (Å²) in [6.07, 6.45) is 1.44. The zero-order valence-electron chi connectivity index (χ0n) is 13.5. The molecule has 0 saturated carbocycles. The maximum atomic E-state index is 12.6. The van der Waals surface area contributed by atoms with E-state index in [-0.39, 0.29) is 18.0 Å². The van der Waals surface area contributed by atoms with Gasteiger partial charge < -0.3 is 5.32 Å². The molecule has 5 nitrogen and oxygen atoms in total. The van der Waals surface area contributed by atoms with Crippen LogP contribution < -0.4 is 10.9 Å². The van der Waals surface area contributed by atoms with Gasteiger partial charge in [-0.1, -0.05) is 22.0 Å². The highest BCUT2D eigenvalue weighted by Crippen LogP contribution is 2.25. The number of hydrogen-bond acceptors (Lipinski definition) is 4. The van der Waals surface area contributed by atoms with E-state index in [0.29, 0.717) is 15.9 Å². The van der Waals surface area contributed by atoms with Crippen LogP contribution >= 0.6 is 27.3 Å². The summed E-state index contributed by atoms with van der Waals surface area (Å²) in [6.45, 7) is 5.78. The second kappa shape index (κ2) is 6.49. The normalized spacial score (nSPS) is 11.0. The highest BCUT2D eigenvalue weighted by Gasteiger charge is 2.14. The van der Waals surface area contributed by atoms with Gasteiger partial charge in [0.1, 0.15) is 11.4 Å². The molecular weight excluding hydrogens is 390 g/mol. The largest absolute Gasteiger partial charge is 0.324 e. The molecule has 0 aliphatic rings. The quantitative estimate of drug-likeness (QED) is 0.720. The molecule has 0 spiro atoms. The lowest BCUT2D eigenvalue weighted by Crippen LogP contribution is -2.27. The average molecular weight is 406 g/mol. The first-order valence-electron chi connectivity index (χ1n) is 7.38. The van der Waals surface area contributed by atoms with Crippen LogP contribution in [0.15, 0.2) is 33.8 Å². The van der Waals surface area contributed by atoms with E-state index in [1.165, 1.54) is 22.2 Å². The molecule has 0 saturated heterocycles. The van der Waals surface area contributed by atoms with Crippen molar-refractivity contribution in [3.8, 4) is 0 Å². The van der Waals surface area contributed by atoms with E-state index in [0.717, 1.165) is 20.5 Å². The van der Waals surface area contributed by atoms with Crippen molar-refractivity contribution in [2.45, 2.75) is 27.3 Å². The van der Waals surface area contributed by atoms with Crippen LogP contribution in [0.1, 0.15) is 16.0 Å². The number of aryl methyl sites for hydroxylation is 3. The molecule has 1 aromatic carbocycles. The highest BCUT2D eigenvalue weighted by atomic mass is 79.9. The summed E-state index contributed by atoms with van der Waals surface area (Å²) in [5.74, 6) is -0.265. The summed E-state index contributed by atoms with van der Waals surface area (Å²) < 4.78 is 2.27. The van der Waals surface area contributed by atoms with Gasteiger partial charge in [0, 0.05) is 15.0 Å². The average Bonchev–Trinajstić information content (AvgIpc) is 2.81. The molecule has 0 aliphatic heterocycles. The lowest BCUT2D eigenvalue weighted by molar-refractivity contribution is -0.116. The van der Waals surface area contributed by atoms with Gasteiger partial charge in [-0.15, -0.1) is 11.3 Å². The molecule has 0 aliphatic carbocycles. The SMILES string of the molecule is Cc1ccc(NC(=O)Cn2cnc3sc(C)c(C)c3c2=O)cc1Br. The van der Waals surface area contributed by atoms with Gasteiger partial charge in [-0.2, -0.15) is 0 Å². The van der Waals surface area contributed by atoms with E-state index in [4.69, 9.17) is 0 Å². The van der Waals surface area contributed by atoms with E-state index in [9.17, 15) is 9.59 Å². The van der Waals surface area contributed by atoms with Crippen molar-refractivity contribution >= 4 is 49.1 Å². The predicted molar refractivity (Wildman–Crippen MR) is 101 cm³/mol. The molecule has 7 heteroatoms. The zero-order valence-corrected chi connectivity index (χ0v) is 15.9. The smallest absolute Gasteiger partial charge is 0.262 e. The van der Waals surface area contributed by atoms with Crippen LogP contribution in [0.3, 0.4) is 0 Å². The van der Waals surface area contributed by atoms with Gasteiger partial charge in [-0.25, -0.2) is 4.98 Å². The number of amides is 1. The topological polar surface area (TPSA) is 64.0 Å². The van der Waals surface area contributed by atoms with Gasteiger partial charge in [0.05, 0.1) is 11.7 Å². The summed E-state index contributed by atoms with van der Waals surface area (Å²) in [5, 5.41) is 3.40. The molecule has 0 atom stereocenters. The first-order valence-corrected chi connectivity index (χ1v) is 8.99. The number of hydrogen-bond donors (Lipinski definition) is 1. The molecule has 24 heavy (non-hydrogen) atoms. The summed E-state index contributed by atoms with van der Waals surface area (Å²) in [7, 11) is 0. The van der Waals surface area contributed by atoms with Crippen LogP contribution in [-0.2, 0) is 11.3 Å². The number of carbonyl (C=O) groups is 1. The van der Waals surface area contributed by atoms with Crippen molar-refractivity contribution in [2.75, 3.05) is 5.32 Å². The Morgan fingerprint density at radius 2 is 2.08 bits per heavy atom. The van der Waals surface area contributed by atoms with E-state index >= 15 is 0 Å². The monoisotopic (exact) mass is 405 g/mol. The Kier molecular flexibility index (Phi) is 4.56. The van der Waals surface area contributed by atoms with Gasteiger partial charge in [-0.3, -0.25) is 14.2 Å². The standard InChI is InChI=1S/C17H16BrN3O2S/c1-9-4-5-12(6-13(9)18)20-14(22)7-21-8-19-16-15(17(21)23)10(2)11(3)24-16/h4-6,8H,7H2,1-3H3,(H,20,22). The maximum absolute atomic E-state index is 12.6. The number of rotatable bonds is 3. The van der Waals surface area contributed by atoms with Gasteiger partial charge in [0.25, 0.3) is 5.56 Å². The van der Waals surface area contributed by atoms with Crippen LogP contribution in [-0.4, -0.2) is 15.5 Å². The van der Waals surface area contributed by atoms with Gasteiger partial charge >= 0.3 is 0 Å². The predicted octanol–water partition coefficient (Wildman–Crippen LogP) is 3.78. The van der Waals surface area contributed by atoms with Crippen molar-refractivity contribution in [1.29, 1.82) is 0 Å². The maximum Gasteiger partial charge on any atom is 0.262 e. The Balaban J connectivity index is 1.85. The molecule has 2 aromatic heterocycles. The van der Waals surface area contributed by atoms with Crippen LogP contribution in [0, 0.1) is 20.8 Å². The fraction of sp³-hybridized carbons (Fsp3) is 0.235. The van der Waals surface area contributed by atoms with Crippen molar-refractivity contribution in [3.63, 3.8) is 0 Å². The number of aromatic nitrogens is 2. The number of fused-ring (bicyclic) bond motifs is 1. The summed E-state index contributed by atoms with van der Waals surface area (Å²) in [6, 6.07) is 5.58. The van der Waals surface area contributed by atoms with Gasteiger partial charge in [-0.05, 0) is 44.0 Å². The second-order valence-electron chi connectivity index (χ2n) is 5.65. The van der Waals surface area contributed by atoms with E-state index in [2.05, 4.69) is 26.2 Å². The van der Waals surface area contributed by atoms with Gasteiger partial charge in [0.15, 0.2) is 0 Å². The number of anilines is 1. The zero-order chi connectivity index (χ0) is 17.4. The Labute approximate surface area is 151 Å². The third-order valence-corrected chi connectivity index (χ3v) is 5.89. The molecule has 3 rings (SSSR count). The molecule has 2 heterocycles. The molecule has 1 amide bonds. The molecule has 0 unspecified atom stereocenters. The molecule has 124 valence electrons. The summed E-state index contributed by atoms with van der Waals surface area (Å²) in [5.41, 5.74) is 2.52. The lowest BCUT2D eigenvalue weighted by Gasteiger charge is -2.08. The van der Waals surface area contributed by atoms with Crippen molar-refractivity contribution in [2.24, 2.45) is 0 Å². The van der Waals surface area contributed by atoms with E-state index in [1.807, 2.05) is 39.0 Å². The molecule has 1 N–H and O–H groups in total. The summed E-state index contributed by atoms with van der Waals surface area (Å²) in [4.78, 5) is 30.9. The minimum Gasteiger partial charge on any atom is -0.324 e. The first kappa shape index (κ1) is 16.9. The minimum absolute atomic E-state index is 0.0679. The molecule has 0 radical (unpaired) electrons. The Bertz CT molecular complexity index is 1010. The fourth-order valence-electron chi connectivity index (χ4n) is 2.41. The Hall–Kier alpha value is -1.99. The lowest BCUT2D eigenvalue weighted by atomic mass is 10.2. The van der Waals surface area contributed by atoms with Crippen LogP contribution in [0.4, 0.5) is 5.69 Å². The number of benzene rings is 1. The first-order chi connectivity index (χ1) is 11.4. The van der Waals surface area contributed by atoms with Gasteiger partial charge in [0.2, 0.25) is 5.91 Å². The third-order valence-electron chi connectivity index (χ3n) is 3.93. The second-order valence-corrected chi connectivity index (χ2v) is 7.71. The summed E-state index contributed by atoms with van der Waals surface area (Å²) >= 11 is 4.93. The molecule has 0 fully saturated rings. The molecular formula is C17H16BrN3O2S. The highest BCUT2D eigenvalue weighted by molar-refractivity contribution is 9.10. The fourth-order valence-corrected chi connectivity index (χ4v) is 3.77. The van der Waals surface area contributed by atoms with E-state index in [1.54, 1.807) is 0 Å². The number of nitrogens with one attached hydrogen (secondary N) is 1. The molecule has 0 bridgehead atoms. The number of nitrogens with zero attached hydrogens (tertiary/aromatic N) is 2. The minimum atomic E-state index is -0.265. The number of carbonyl (C=O) groups excluding carboxylic acids is 1. The number of halogens is 1. The van der Waals surface area contributed by atoms with Crippen LogP contribution in [0.5, 0.6) is 0 Å². The van der Waals surface area contributed by atoms with Crippen molar-refractivity contribution in [3.05, 3.63) is 55.4 Å².